The lowest BCUT2D eigenvalue weighted by Crippen LogP contribution is -2.43. The van der Waals surface area contributed by atoms with E-state index in [9.17, 15) is 0 Å². The number of aliphatic imine (C=N–C) groups is 1. The van der Waals surface area contributed by atoms with Gasteiger partial charge in [0.1, 0.15) is 0 Å². The zero-order chi connectivity index (χ0) is 18.8. The highest BCUT2D eigenvalue weighted by atomic mass is 16.5. The van der Waals surface area contributed by atoms with Gasteiger partial charge in [0.25, 0.3) is 0 Å². The molecule has 0 amide bonds. The predicted octanol–water partition coefficient (Wildman–Crippen LogP) is 2.19. The van der Waals surface area contributed by atoms with E-state index < -0.39 is 0 Å². The van der Waals surface area contributed by atoms with Crippen LogP contribution in [0.25, 0.3) is 0 Å². The molecule has 0 spiro atoms. The minimum atomic E-state index is 0.513. The van der Waals surface area contributed by atoms with E-state index in [2.05, 4.69) is 20.5 Å². The summed E-state index contributed by atoms with van der Waals surface area (Å²) in [5.41, 5.74) is 0.904. The monoisotopic (exact) mass is 364 g/mol. The zero-order valence-corrected chi connectivity index (χ0v) is 16.4. The van der Waals surface area contributed by atoms with Gasteiger partial charge in [0.15, 0.2) is 17.5 Å². The van der Waals surface area contributed by atoms with Crippen molar-refractivity contribution in [3.63, 3.8) is 0 Å². The fraction of sp³-hybridized carbons (Fsp3) is 0.632. The van der Waals surface area contributed by atoms with Crippen LogP contribution in [0.4, 0.5) is 5.69 Å². The average Bonchev–Trinajstić information content (AvgIpc) is 3.11. The molecule has 1 atom stereocenters. The maximum Gasteiger partial charge on any atom is 0.195 e. The molecule has 0 aliphatic carbocycles. The van der Waals surface area contributed by atoms with Crippen LogP contribution in [0.1, 0.15) is 19.8 Å². The number of hydrogen-bond acceptors (Lipinski definition) is 5. The van der Waals surface area contributed by atoms with Gasteiger partial charge in [-0.2, -0.15) is 0 Å². The van der Waals surface area contributed by atoms with Gasteiger partial charge in [-0.15, -0.1) is 0 Å². The number of methoxy groups -OCH3 is 2. The second kappa shape index (κ2) is 10.9. The SMILES string of the molecule is CCOc1ccc(NC(=NC)NCC2CCCN2CCOC)cc1OC. The highest BCUT2D eigenvalue weighted by Gasteiger charge is 2.24. The van der Waals surface area contributed by atoms with Crippen LogP contribution < -0.4 is 20.1 Å². The summed E-state index contributed by atoms with van der Waals surface area (Å²) in [4.78, 5) is 6.80. The Labute approximate surface area is 156 Å². The van der Waals surface area contributed by atoms with Crippen molar-refractivity contribution in [1.82, 2.24) is 10.2 Å². The molecule has 1 aromatic carbocycles. The van der Waals surface area contributed by atoms with E-state index in [0.717, 1.165) is 43.6 Å². The van der Waals surface area contributed by atoms with E-state index >= 15 is 0 Å². The van der Waals surface area contributed by atoms with E-state index in [1.54, 1.807) is 21.3 Å². The lowest BCUT2D eigenvalue weighted by Gasteiger charge is -2.25. The van der Waals surface area contributed by atoms with E-state index in [4.69, 9.17) is 14.2 Å². The van der Waals surface area contributed by atoms with Crippen molar-refractivity contribution in [2.75, 3.05) is 59.4 Å². The van der Waals surface area contributed by atoms with Crippen molar-refractivity contribution in [3.8, 4) is 11.5 Å². The Morgan fingerprint density at radius 2 is 2.15 bits per heavy atom. The Morgan fingerprint density at radius 1 is 1.31 bits per heavy atom. The number of hydrogen-bond donors (Lipinski definition) is 2. The summed E-state index contributed by atoms with van der Waals surface area (Å²) in [6.45, 7) is 6.30. The number of guanidine groups is 1. The summed E-state index contributed by atoms with van der Waals surface area (Å²) in [6, 6.07) is 6.29. The van der Waals surface area contributed by atoms with E-state index in [0.29, 0.717) is 18.4 Å². The summed E-state index contributed by atoms with van der Waals surface area (Å²) >= 11 is 0. The fourth-order valence-corrected chi connectivity index (χ4v) is 3.18. The van der Waals surface area contributed by atoms with Gasteiger partial charge in [0.05, 0.1) is 20.3 Å². The van der Waals surface area contributed by atoms with Crippen LogP contribution >= 0.6 is 0 Å². The molecule has 2 rings (SSSR count). The molecule has 1 aliphatic rings. The molecule has 26 heavy (non-hydrogen) atoms. The van der Waals surface area contributed by atoms with Crippen LogP contribution in [-0.2, 0) is 4.74 Å². The molecule has 0 radical (unpaired) electrons. The van der Waals surface area contributed by atoms with Gasteiger partial charge in [0, 0.05) is 45.0 Å². The largest absolute Gasteiger partial charge is 0.493 e. The molecule has 2 N–H and O–H groups in total. The molecule has 7 heteroatoms. The normalized spacial score (nSPS) is 18.0. The second-order valence-electron chi connectivity index (χ2n) is 6.20. The number of likely N-dealkylation sites (tertiary alicyclic amines) is 1. The molecule has 0 saturated carbocycles. The lowest BCUT2D eigenvalue weighted by molar-refractivity contribution is 0.141. The number of anilines is 1. The molecule has 1 saturated heterocycles. The third-order valence-corrected chi connectivity index (χ3v) is 4.54. The van der Waals surface area contributed by atoms with Gasteiger partial charge in [-0.05, 0) is 38.4 Å². The van der Waals surface area contributed by atoms with E-state index in [-0.39, 0.29) is 0 Å². The standard InChI is InChI=1S/C19H32N4O3/c1-5-26-17-9-8-15(13-18(17)25-4)22-19(20-2)21-14-16-7-6-10-23(16)11-12-24-3/h8-9,13,16H,5-7,10-12,14H2,1-4H3,(H2,20,21,22). The van der Waals surface area contributed by atoms with Crippen LogP contribution in [-0.4, -0.2) is 71.0 Å². The molecule has 1 unspecified atom stereocenters. The molecule has 1 aliphatic heterocycles. The van der Waals surface area contributed by atoms with Gasteiger partial charge >= 0.3 is 0 Å². The Morgan fingerprint density at radius 3 is 2.85 bits per heavy atom. The molecule has 1 aromatic rings. The third kappa shape index (κ3) is 5.78. The van der Waals surface area contributed by atoms with Crippen molar-refractivity contribution < 1.29 is 14.2 Å². The van der Waals surface area contributed by atoms with Gasteiger partial charge < -0.3 is 24.8 Å². The first-order valence-electron chi connectivity index (χ1n) is 9.23. The zero-order valence-electron chi connectivity index (χ0n) is 16.4. The smallest absolute Gasteiger partial charge is 0.195 e. The van der Waals surface area contributed by atoms with Crippen molar-refractivity contribution >= 4 is 11.6 Å². The van der Waals surface area contributed by atoms with Gasteiger partial charge in [0.2, 0.25) is 0 Å². The van der Waals surface area contributed by atoms with E-state index in [1.165, 1.54) is 12.8 Å². The second-order valence-corrected chi connectivity index (χ2v) is 6.20. The summed E-state index contributed by atoms with van der Waals surface area (Å²) in [5, 5.41) is 6.74. The molecular weight excluding hydrogens is 332 g/mol. The first-order valence-corrected chi connectivity index (χ1v) is 9.23. The summed E-state index contributed by atoms with van der Waals surface area (Å²) in [5.74, 6) is 2.19. The van der Waals surface area contributed by atoms with Crippen LogP contribution in [0, 0.1) is 0 Å². The first-order chi connectivity index (χ1) is 12.7. The third-order valence-electron chi connectivity index (χ3n) is 4.54. The van der Waals surface area contributed by atoms with Gasteiger partial charge in [-0.3, -0.25) is 9.89 Å². The fourth-order valence-electron chi connectivity index (χ4n) is 3.18. The summed E-state index contributed by atoms with van der Waals surface area (Å²) in [6.07, 6.45) is 2.43. The molecule has 0 bridgehead atoms. The Hall–Kier alpha value is -1.99. The van der Waals surface area contributed by atoms with Crippen molar-refractivity contribution in [2.24, 2.45) is 4.99 Å². The van der Waals surface area contributed by atoms with Crippen molar-refractivity contribution in [3.05, 3.63) is 18.2 Å². The predicted molar refractivity (Wildman–Crippen MR) is 106 cm³/mol. The molecular formula is C19H32N4O3. The first kappa shape index (κ1) is 20.3. The minimum absolute atomic E-state index is 0.513. The number of benzene rings is 1. The molecule has 1 fully saturated rings. The van der Waals surface area contributed by atoms with Gasteiger partial charge in [-0.25, -0.2) is 0 Å². The van der Waals surface area contributed by atoms with Crippen LogP contribution in [0.5, 0.6) is 11.5 Å². The van der Waals surface area contributed by atoms with Crippen LogP contribution in [0.3, 0.4) is 0 Å². The van der Waals surface area contributed by atoms with Crippen molar-refractivity contribution in [2.45, 2.75) is 25.8 Å². The highest BCUT2D eigenvalue weighted by Crippen LogP contribution is 2.30. The van der Waals surface area contributed by atoms with Crippen molar-refractivity contribution in [1.29, 1.82) is 0 Å². The quantitative estimate of drug-likeness (QED) is 0.517. The molecule has 7 nitrogen and oxygen atoms in total. The van der Waals surface area contributed by atoms with E-state index in [1.807, 2.05) is 25.1 Å². The number of nitrogens with zero attached hydrogens (tertiary/aromatic N) is 2. The van der Waals surface area contributed by atoms with Crippen LogP contribution in [0.2, 0.25) is 0 Å². The number of ether oxygens (including phenoxy) is 3. The minimum Gasteiger partial charge on any atom is -0.493 e. The maximum absolute atomic E-state index is 5.56. The summed E-state index contributed by atoms with van der Waals surface area (Å²) in [7, 11) is 5.17. The topological polar surface area (TPSA) is 67.4 Å². The van der Waals surface area contributed by atoms with Crippen LogP contribution in [0.15, 0.2) is 23.2 Å². The molecule has 0 aromatic heterocycles. The number of rotatable bonds is 9. The highest BCUT2D eigenvalue weighted by molar-refractivity contribution is 5.93. The Balaban J connectivity index is 1.91. The number of nitrogens with one attached hydrogen (secondary N) is 2. The summed E-state index contributed by atoms with van der Waals surface area (Å²) < 4.78 is 16.2. The van der Waals surface area contributed by atoms with Gasteiger partial charge in [-0.1, -0.05) is 0 Å². The lowest BCUT2D eigenvalue weighted by atomic mass is 10.2. The average molecular weight is 364 g/mol. The molecule has 146 valence electrons. The molecule has 1 heterocycles. The Bertz CT molecular complexity index is 580. The maximum atomic E-state index is 5.56. The Kier molecular flexibility index (Phi) is 8.50.